The molecule has 1 rings (SSSR count). The van der Waals surface area contributed by atoms with Crippen LogP contribution in [-0.4, -0.2) is 30.1 Å². The maximum absolute atomic E-state index is 12.2. The zero-order valence-electron chi connectivity index (χ0n) is 13.5. The molecular formula is C16H24INO4. The number of nitrogens with one attached hydrogen (secondary N) is 1. The van der Waals surface area contributed by atoms with Crippen LogP contribution in [0.3, 0.4) is 0 Å². The first-order valence-corrected chi connectivity index (χ1v) is 8.89. The topological polar surface area (TPSA) is 68.4 Å². The van der Waals surface area contributed by atoms with Crippen LogP contribution in [0.2, 0.25) is 0 Å². The second-order valence-electron chi connectivity index (χ2n) is 4.92. The van der Waals surface area contributed by atoms with Gasteiger partial charge in [-0.25, -0.2) is 9.59 Å². The molecule has 0 fully saturated rings. The van der Waals surface area contributed by atoms with Crippen molar-refractivity contribution in [3.8, 4) is 0 Å². The highest BCUT2D eigenvalue weighted by Crippen LogP contribution is 2.25. The Balaban J connectivity index is 3.07. The summed E-state index contributed by atoms with van der Waals surface area (Å²) in [6.45, 7) is 6.29. The molecule has 124 valence electrons. The van der Waals surface area contributed by atoms with Gasteiger partial charge in [-0.1, -0.05) is 26.2 Å². The molecule has 0 spiro atoms. The Morgan fingerprint density at radius 2 is 1.64 bits per heavy atom. The quantitative estimate of drug-likeness (QED) is 0.371. The summed E-state index contributed by atoms with van der Waals surface area (Å²) in [6.07, 6.45) is 4.95. The van der Waals surface area contributed by atoms with Gasteiger partial charge in [0.25, 0.3) is 0 Å². The molecule has 0 bridgehead atoms. The van der Waals surface area contributed by atoms with Gasteiger partial charge in [-0.05, 0) is 49.3 Å². The number of hydrogen-bond acceptors (Lipinski definition) is 4. The van der Waals surface area contributed by atoms with Gasteiger partial charge in [0, 0.05) is 5.56 Å². The lowest BCUT2D eigenvalue weighted by Gasteiger charge is -2.07. The molecule has 22 heavy (non-hydrogen) atoms. The first-order chi connectivity index (χ1) is 10.6. The lowest BCUT2D eigenvalue weighted by molar-refractivity contribution is 0.0517. The van der Waals surface area contributed by atoms with Gasteiger partial charge in [-0.3, -0.25) is 0 Å². The van der Waals surface area contributed by atoms with E-state index in [1.807, 2.05) is 22.6 Å². The van der Waals surface area contributed by atoms with E-state index in [4.69, 9.17) is 9.47 Å². The van der Waals surface area contributed by atoms with Crippen molar-refractivity contribution in [3.63, 3.8) is 0 Å². The molecule has 0 saturated carbocycles. The first-order valence-electron chi connectivity index (χ1n) is 7.81. The summed E-state index contributed by atoms with van der Waals surface area (Å²) in [5.74, 6) is -0.800. The van der Waals surface area contributed by atoms with E-state index in [0.717, 1.165) is 31.2 Å². The molecule has 0 atom stereocenters. The molecule has 0 aliphatic carbocycles. The van der Waals surface area contributed by atoms with Crippen LogP contribution in [0.5, 0.6) is 0 Å². The number of H-pyrrole nitrogens is 1. The van der Waals surface area contributed by atoms with E-state index in [2.05, 4.69) is 11.9 Å². The molecule has 0 amide bonds. The van der Waals surface area contributed by atoms with Crippen LogP contribution in [0, 0.1) is 3.70 Å². The van der Waals surface area contributed by atoms with Gasteiger partial charge in [0.2, 0.25) is 0 Å². The molecule has 0 aliphatic heterocycles. The van der Waals surface area contributed by atoms with E-state index < -0.39 is 5.97 Å². The van der Waals surface area contributed by atoms with Crippen molar-refractivity contribution in [2.24, 2.45) is 0 Å². The number of ether oxygens (including phenoxy) is 2. The molecule has 5 nitrogen and oxygen atoms in total. The smallest absolute Gasteiger partial charge is 0.355 e. The van der Waals surface area contributed by atoms with Gasteiger partial charge < -0.3 is 14.5 Å². The number of halogens is 1. The number of carbonyl (C=O) groups is 2. The average molecular weight is 421 g/mol. The SMILES string of the molecule is CCCCCCc1c(C(=O)OCC)[nH]c(I)c1C(=O)OCC. The number of aromatic nitrogens is 1. The van der Waals surface area contributed by atoms with Gasteiger partial charge in [0.15, 0.2) is 0 Å². The molecule has 0 radical (unpaired) electrons. The van der Waals surface area contributed by atoms with Crippen LogP contribution in [0.15, 0.2) is 0 Å². The van der Waals surface area contributed by atoms with Crippen molar-refractivity contribution in [2.75, 3.05) is 13.2 Å². The predicted molar refractivity (Wildman–Crippen MR) is 93.3 cm³/mol. The van der Waals surface area contributed by atoms with E-state index in [0.29, 0.717) is 34.6 Å². The lowest BCUT2D eigenvalue weighted by Crippen LogP contribution is -2.11. The number of aromatic amines is 1. The Morgan fingerprint density at radius 3 is 2.23 bits per heavy atom. The highest BCUT2D eigenvalue weighted by Gasteiger charge is 2.26. The number of hydrogen-bond donors (Lipinski definition) is 1. The Bertz CT molecular complexity index is 510. The van der Waals surface area contributed by atoms with Crippen LogP contribution in [0.25, 0.3) is 0 Å². The number of unbranched alkanes of at least 4 members (excludes halogenated alkanes) is 3. The van der Waals surface area contributed by atoms with E-state index in [1.165, 1.54) is 0 Å². The monoisotopic (exact) mass is 421 g/mol. The fraction of sp³-hybridized carbons (Fsp3) is 0.625. The molecule has 1 aromatic rings. The molecule has 1 aromatic heterocycles. The number of rotatable bonds is 9. The lowest BCUT2D eigenvalue weighted by atomic mass is 10.0. The van der Waals surface area contributed by atoms with Crippen molar-refractivity contribution < 1.29 is 19.1 Å². The van der Waals surface area contributed by atoms with Gasteiger partial charge in [-0.15, -0.1) is 0 Å². The van der Waals surface area contributed by atoms with Crippen molar-refractivity contribution >= 4 is 34.5 Å². The molecule has 0 aliphatic rings. The highest BCUT2D eigenvalue weighted by atomic mass is 127. The largest absolute Gasteiger partial charge is 0.462 e. The second-order valence-corrected chi connectivity index (χ2v) is 6.00. The maximum atomic E-state index is 12.2. The predicted octanol–water partition coefficient (Wildman–Crippen LogP) is 4.10. The summed E-state index contributed by atoms with van der Waals surface area (Å²) >= 11 is 2.03. The van der Waals surface area contributed by atoms with Crippen molar-refractivity contribution in [3.05, 3.63) is 20.5 Å². The molecule has 6 heteroatoms. The Labute approximate surface area is 145 Å². The van der Waals surface area contributed by atoms with E-state index in [-0.39, 0.29) is 5.97 Å². The maximum Gasteiger partial charge on any atom is 0.355 e. The minimum atomic E-state index is -0.415. The summed E-state index contributed by atoms with van der Waals surface area (Å²) < 4.78 is 10.8. The third kappa shape index (κ3) is 5.00. The Kier molecular flexibility index (Phi) is 8.52. The zero-order chi connectivity index (χ0) is 16.5. The summed E-state index contributed by atoms with van der Waals surface area (Å²) in [5, 5.41) is 0. The van der Waals surface area contributed by atoms with Crippen LogP contribution in [0.1, 0.15) is 72.9 Å². The van der Waals surface area contributed by atoms with Crippen molar-refractivity contribution in [1.29, 1.82) is 0 Å². The van der Waals surface area contributed by atoms with E-state index in [9.17, 15) is 9.59 Å². The molecule has 0 aromatic carbocycles. The fourth-order valence-corrected chi connectivity index (χ4v) is 3.09. The van der Waals surface area contributed by atoms with Crippen LogP contribution in [0.4, 0.5) is 0 Å². The van der Waals surface area contributed by atoms with Crippen molar-refractivity contribution in [1.82, 2.24) is 4.98 Å². The van der Waals surface area contributed by atoms with Crippen LogP contribution >= 0.6 is 22.6 Å². The first kappa shape index (κ1) is 19.0. The highest BCUT2D eigenvalue weighted by molar-refractivity contribution is 14.1. The zero-order valence-corrected chi connectivity index (χ0v) is 15.6. The van der Waals surface area contributed by atoms with E-state index >= 15 is 0 Å². The van der Waals surface area contributed by atoms with Crippen LogP contribution in [-0.2, 0) is 15.9 Å². The van der Waals surface area contributed by atoms with Crippen LogP contribution < -0.4 is 0 Å². The second kappa shape index (κ2) is 9.86. The van der Waals surface area contributed by atoms with Gasteiger partial charge >= 0.3 is 11.9 Å². The fourth-order valence-electron chi connectivity index (χ4n) is 2.28. The minimum Gasteiger partial charge on any atom is -0.462 e. The number of esters is 2. The summed E-state index contributed by atoms with van der Waals surface area (Å²) in [7, 11) is 0. The third-order valence-electron chi connectivity index (χ3n) is 3.30. The molecule has 0 unspecified atom stereocenters. The molecule has 1 N–H and O–H groups in total. The summed E-state index contributed by atoms with van der Waals surface area (Å²) in [6, 6.07) is 0. The van der Waals surface area contributed by atoms with Crippen molar-refractivity contribution in [2.45, 2.75) is 52.9 Å². The molecule has 1 heterocycles. The summed E-state index contributed by atoms with van der Waals surface area (Å²) in [4.78, 5) is 27.3. The number of carbonyl (C=O) groups excluding carboxylic acids is 2. The standard InChI is InChI=1S/C16H24INO4/c1-4-7-8-9-10-11-12(15(19)21-5-2)14(17)18-13(11)16(20)22-6-3/h18H,4-10H2,1-3H3. The normalized spacial score (nSPS) is 10.5. The minimum absolute atomic E-state index is 0.304. The third-order valence-corrected chi connectivity index (χ3v) is 4.11. The van der Waals surface area contributed by atoms with Gasteiger partial charge in [-0.2, -0.15) is 0 Å². The van der Waals surface area contributed by atoms with Gasteiger partial charge in [0.05, 0.1) is 22.5 Å². The van der Waals surface area contributed by atoms with E-state index in [1.54, 1.807) is 13.8 Å². The average Bonchev–Trinajstić information content (AvgIpc) is 2.81. The Hall–Kier alpha value is -1.05. The summed E-state index contributed by atoms with van der Waals surface area (Å²) in [5.41, 5.74) is 1.57. The van der Waals surface area contributed by atoms with Gasteiger partial charge in [0.1, 0.15) is 5.69 Å². The molecule has 0 saturated heterocycles. The Morgan fingerprint density at radius 1 is 1.00 bits per heavy atom. The molecular weight excluding hydrogens is 397 g/mol.